The molecule has 2 aliphatic rings. The van der Waals surface area contributed by atoms with Gasteiger partial charge < -0.3 is 14.8 Å². The third kappa shape index (κ3) is 4.16. The van der Waals surface area contributed by atoms with E-state index in [4.69, 9.17) is 9.47 Å². The molecule has 0 bridgehead atoms. The summed E-state index contributed by atoms with van der Waals surface area (Å²) in [4.78, 5) is 26.4. The van der Waals surface area contributed by atoms with E-state index in [-0.39, 0.29) is 5.78 Å². The zero-order valence-corrected chi connectivity index (χ0v) is 21.8. The second-order valence-corrected chi connectivity index (χ2v) is 9.88. The van der Waals surface area contributed by atoms with Crippen LogP contribution in [-0.4, -0.2) is 18.9 Å². The number of dihydropyridines is 1. The number of Topliss-reactive ketones (excluding diaryl/α,β-unsaturated/α-hetero) is 1. The first-order valence-corrected chi connectivity index (χ1v) is 12.4. The molecule has 5 rings (SSSR count). The number of fused-ring (bicyclic) bond motifs is 2. The highest BCUT2D eigenvalue weighted by Gasteiger charge is 2.42. The Hall–Kier alpha value is -3.39. The number of esters is 1. The van der Waals surface area contributed by atoms with E-state index in [0.29, 0.717) is 29.0 Å². The maximum absolute atomic E-state index is 13.5. The van der Waals surface area contributed by atoms with Crippen molar-refractivity contribution >= 4 is 40.0 Å². The number of carbonyl (C=O) groups excluding carboxylic acids is 2. The zero-order chi connectivity index (χ0) is 24.7. The highest BCUT2D eigenvalue weighted by molar-refractivity contribution is 14.1. The molecular formula is C29H24INO4. The van der Waals surface area contributed by atoms with Gasteiger partial charge >= 0.3 is 5.97 Å². The number of allylic oxidation sites excluding steroid dienone is 2. The molecule has 1 atom stereocenters. The molecule has 3 aromatic rings. The Kier molecular flexibility index (Phi) is 6.23. The van der Waals surface area contributed by atoms with Crippen LogP contribution >= 0.6 is 22.6 Å². The molecule has 6 heteroatoms. The Morgan fingerprint density at radius 1 is 1.00 bits per heavy atom. The second-order valence-electron chi connectivity index (χ2n) is 8.72. The van der Waals surface area contributed by atoms with Gasteiger partial charge in [-0.2, -0.15) is 0 Å². The highest BCUT2D eigenvalue weighted by Crippen LogP contribution is 2.47. The van der Waals surface area contributed by atoms with Gasteiger partial charge in [0.25, 0.3) is 0 Å². The molecule has 1 aliphatic heterocycles. The van der Waals surface area contributed by atoms with E-state index < -0.39 is 11.9 Å². The van der Waals surface area contributed by atoms with Crippen LogP contribution in [0.5, 0.6) is 5.75 Å². The van der Waals surface area contributed by atoms with Crippen LogP contribution in [0.25, 0.3) is 5.70 Å². The lowest BCUT2D eigenvalue weighted by atomic mass is 9.80. The number of rotatable bonds is 5. The van der Waals surface area contributed by atoms with Gasteiger partial charge in [0.05, 0.1) is 22.0 Å². The number of benzene rings is 3. The SMILES string of the molecule is COC(=O)C1=C(C)NC2=C(C(=O)c3ccccc32)[C@@H]1c1ccc(OCc2cccc(C)c2)c(I)c1. The van der Waals surface area contributed by atoms with Gasteiger partial charge in [0, 0.05) is 28.3 Å². The van der Waals surface area contributed by atoms with E-state index >= 15 is 0 Å². The largest absolute Gasteiger partial charge is 0.488 e. The van der Waals surface area contributed by atoms with Gasteiger partial charge in [-0.25, -0.2) is 4.79 Å². The highest BCUT2D eigenvalue weighted by atomic mass is 127. The van der Waals surface area contributed by atoms with Crippen LogP contribution in [0.15, 0.2) is 83.6 Å². The van der Waals surface area contributed by atoms with Crippen LogP contribution in [0.4, 0.5) is 0 Å². The summed E-state index contributed by atoms with van der Waals surface area (Å²) in [7, 11) is 1.36. The summed E-state index contributed by atoms with van der Waals surface area (Å²) < 4.78 is 12.1. The van der Waals surface area contributed by atoms with Crippen LogP contribution in [0.2, 0.25) is 0 Å². The van der Waals surface area contributed by atoms with Gasteiger partial charge in [0.15, 0.2) is 5.78 Å². The van der Waals surface area contributed by atoms with Gasteiger partial charge in [-0.1, -0.05) is 60.2 Å². The number of hydrogen-bond donors (Lipinski definition) is 1. The number of methoxy groups -OCH3 is 1. The summed E-state index contributed by atoms with van der Waals surface area (Å²) in [6.45, 7) is 4.36. The van der Waals surface area contributed by atoms with Crippen LogP contribution in [0, 0.1) is 10.5 Å². The minimum absolute atomic E-state index is 0.0724. The fraction of sp³-hybridized carbons (Fsp3) is 0.172. The zero-order valence-electron chi connectivity index (χ0n) is 19.6. The molecule has 1 heterocycles. The second kappa shape index (κ2) is 9.34. The number of carbonyl (C=O) groups is 2. The molecule has 0 radical (unpaired) electrons. The Bertz CT molecular complexity index is 1440. The summed E-state index contributed by atoms with van der Waals surface area (Å²) in [5.74, 6) is -0.319. The van der Waals surface area contributed by atoms with Crippen molar-refractivity contribution in [1.29, 1.82) is 0 Å². The third-order valence-corrected chi connectivity index (χ3v) is 7.26. The van der Waals surface area contributed by atoms with E-state index in [0.717, 1.165) is 31.7 Å². The lowest BCUT2D eigenvalue weighted by Crippen LogP contribution is -2.29. The van der Waals surface area contributed by atoms with Crippen LogP contribution in [-0.2, 0) is 16.1 Å². The quantitative estimate of drug-likeness (QED) is 0.302. The monoisotopic (exact) mass is 577 g/mol. The Balaban J connectivity index is 1.54. The van der Waals surface area contributed by atoms with Crippen molar-refractivity contribution in [3.63, 3.8) is 0 Å². The molecule has 0 aromatic heterocycles. The maximum Gasteiger partial charge on any atom is 0.336 e. The summed E-state index contributed by atoms with van der Waals surface area (Å²) in [6.07, 6.45) is 0. The number of ether oxygens (including phenoxy) is 2. The standard InChI is InChI=1S/C29H24INO4/c1-16-7-6-8-18(13-16)15-35-23-12-11-19(14-22(23)30)25-24(29(33)34-3)17(2)31-27-20-9-4-5-10-21(20)28(32)26(25)27/h4-14,25,31H,15H2,1-3H3/t25-/m1/s1. The average molecular weight is 577 g/mol. The topological polar surface area (TPSA) is 64.6 Å². The predicted molar refractivity (Wildman–Crippen MR) is 143 cm³/mol. The molecule has 0 unspecified atom stereocenters. The lowest BCUT2D eigenvalue weighted by Gasteiger charge is -2.29. The van der Waals surface area contributed by atoms with Crippen molar-refractivity contribution in [2.24, 2.45) is 0 Å². The first kappa shape index (κ1) is 23.4. The number of hydrogen-bond acceptors (Lipinski definition) is 5. The number of ketones is 1. The minimum Gasteiger partial charge on any atom is -0.488 e. The fourth-order valence-corrected chi connectivity index (χ4v) is 5.51. The molecule has 0 saturated carbocycles. The predicted octanol–water partition coefficient (Wildman–Crippen LogP) is 5.92. The Morgan fingerprint density at radius 2 is 1.77 bits per heavy atom. The summed E-state index contributed by atoms with van der Waals surface area (Å²) in [5.41, 5.74) is 7.07. The van der Waals surface area contributed by atoms with E-state index in [1.807, 2.05) is 61.5 Å². The van der Waals surface area contributed by atoms with Crippen molar-refractivity contribution < 1.29 is 19.1 Å². The first-order valence-electron chi connectivity index (χ1n) is 11.3. The van der Waals surface area contributed by atoms with E-state index in [1.54, 1.807) is 0 Å². The average Bonchev–Trinajstić information content (AvgIpc) is 3.13. The number of halogens is 1. The minimum atomic E-state index is -0.544. The van der Waals surface area contributed by atoms with E-state index in [9.17, 15) is 9.59 Å². The summed E-state index contributed by atoms with van der Waals surface area (Å²) >= 11 is 2.24. The van der Waals surface area contributed by atoms with Gasteiger partial charge in [-0.05, 0) is 59.7 Å². The molecule has 1 N–H and O–H groups in total. The Morgan fingerprint density at radius 3 is 2.49 bits per heavy atom. The summed E-state index contributed by atoms with van der Waals surface area (Å²) in [6, 6.07) is 21.6. The van der Waals surface area contributed by atoms with Crippen molar-refractivity contribution in [1.82, 2.24) is 5.32 Å². The lowest BCUT2D eigenvalue weighted by molar-refractivity contribution is -0.136. The van der Waals surface area contributed by atoms with Gasteiger partial charge in [0.1, 0.15) is 12.4 Å². The van der Waals surface area contributed by atoms with E-state index in [1.165, 1.54) is 12.7 Å². The first-order chi connectivity index (χ1) is 16.9. The fourth-order valence-electron chi connectivity index (χ4n) is 4.82. The molecule has 1 aliphatic carbocycles. The normalized spacial score (nSPS) is 16.6. The molecule has 0 spiro atoms. The van der Waals surface area contributed by atoms with Crippen molar-refractivity contribution in [2.75, 3.05) is 7.11 Å². The number of aryl methyl sites for hydroxylation is 1. The molecule has 5 nitrogen and oxygen atoms in total. The molecule has 176 valence electrons. The van der Waals surface area contributed by atoms with E-state index in [2.05, 4.69) is 47.0 Å². The molecule has 3 aromatic carbocycles. The third-order valence-electron chi connectivity index (χ3n) is 6.42. The smallest absolute Gasteiger partial charge is 0.336 e. The number of nitrogens with one attached hydrogen (secondary N) is 1. The molecule has 0 fully saturated rings. The molecule has 0 saturated heterocycles. The van der Waals surface area contributed by atoms with Gasteiger partial charge in [-0.15, -0.1) is 0 Å². The van der Waals surface area contributed by atoms with Crippen LogP contribution in [0.1, 0.15) is 45.5 Å². The van der Waals surface area contributed by atoms with Gasteiger partial charge in [0.2, 0.25) is 0 Å². The molecule has 0 amide bonds. The molecule has 35 heavy (non-hydrogen) atoms. The van der Waals surface area contributed by atoms with Crippen molar-refractivity contribution in [3.05, 3.63) is 115 Å². The van der Waals surface area contributed by atoms with Gasteiger partial charge in [-0.3, -0.25) is 4.79 Å². The molecular weight excluding hydrogens is 553 g/mol. The summed E-state index contributed by atoms with van der Waals surface area (Å²) in [5, 5.41) is 3.31. The van der Waals surface area contributed by atoms with Crippen LogP contribution < -0.4 is 10.1 Å². The Labute approximate surface area is 218 Å². The van der Waals surface area contributed by atoms with Crippen LogP contribution in [0.3, 0.4) is 0 Å². The van der Waals surface area contributed by atoms with Crippen molar-refractivity contribution in [3.8, 4) is 5.75 Å². The van der Waals surface area contributed by atoms with Crippen molar-refractivity contribution in [2.45, 2.75) is 26.4 Å². The maximum atomic E-state index is 13.5.